The number of halogens is 1. The van der Waals surface area contributed by atoms with Crippen molar-refractivity contribution in [1.29, 1.82) is 0 Å². The molecule has 0 aliphatic carbocycles. The molecule has 0 bridgehead atoms. The number of aryl methyl sites for hydroxylation is 1. The lowest BCUT2D eigenvalue weighted by molar-refractivity contribution is -0.140. The average Bonchev–Trinajstić information content (AvgIpc) is 2.20. The van der Waals surface area contributed by atoms with Gasteiger partial charge < -0.3 is 10.4 Å². The van der Waals surface area contributed by atoms with Crippen LogP contribution in [-0.2, 0) is 11.3 Å². The average molecular weight is 300 g/mol. The first-order valence-electron chi connectivity index (χ1n) is 5.63. The molecule has 17 heavy (non-hydrogen) atoms. The highest BCUT2D eigenvalue weighted by molar-refractivity contribution is 9.10. The number of rotatable bonds is 5. The zero-order chi connectivity index (χ0) is 13.0. The maximum Gasteiger partial charge on any atom is 0.320 e. The second-order valence-electron chi connectivity index (χ2n) is 4.54. The van der Waals surface area contributed by atoms with Crippen molar-refractivity contribution in [1.82, 2.24) is 5.32 Å². The van der Waals surface area contributed by atoms with Crippen molar-refractivity contribution in [2.24, 2.45) is 5.92 Å². The third-order valence-corrected chi connectivity index (χ3v) is 3.39. The lowest BCUT2D eigenvalue weighted by Crippen LogP contribution is -2.40. The van der Waals surface area contributed by atoms with E-state index in [0.29, 0.717) is 6.54 Å². The molecule has 94 valence electrons. The molecule has 0 heterocycles. The van der Waals surface area contributed by atoms with Crippen LogP contribution < -0.4 is 5.32 Å². The van der Waals surface area contributed by atoms with Gasteiger partial charge in [-0.3, -0.25) is 4.79 Å². The summed E-state index contributed by atoms with van der Waals surface area (Å²) in [6.45, 7) is 6.37. The van der Waals surface area contributed by atoms with Crippen molar-refractivity contribution in [3.05, 3.63) is 33.8 Å². The van der Waals surface area contributed by atoms with Gasteiger partial charge in [-0.1, -0.05) is 41.9 Å². The molecule has 0 aliphatic rings. The van der Waals surface area contributed by atoms with Crippen LogP contribution >= 0.6 is 15.9 Å². The third kappa shape index (κ3) is 4.13. The molecule has 0 saturated heterocycles. The third-order valence-electron chi connectivity index (χ3n) is 2.65. The van der Waals surface area contributed by atoms with E-state index in [1.165, 1.54) is 5.56 Å². The van der Waals surface area contributed by atoms with Crippen molar-refractivity contribution < 1.29 is 9.90 Å². The first-order chi connectivity index (χ1) is 7.91. The van der Waals surface area contributed by atoms with Crippen LogP contribution in [0.3, 0.4) is 0 Å². The smallest absolute Gasteiger partial charge is 0.320 e. The highest BCUT2D eigenvalue weighted by Gasteiger charge is 2.20. The molecule has 0 amide bonds. The van der Waals surface area contributed by atoms with Gasteiger partial charge in [-0.25, -0.2) is 0 Å². The summed E-state index contributed by atoms with van der Waals surface area (Å²) in [6, 6.07) is 5.55. The van der Waals surface area contributed by atoms with E-state index in [-0.39, 0.29) is 5.92 Å². The van der Waals surface area contributed by atoms with E-state index in [1.807, 2.05) is 39.0 Å². The molecular formula is C13H18BrNO2. The number of carbonyl (C=O) groups is 1. The molecule has 1 aromatic rings. The lowest BCUT2D eigenvalue weighted by Gasteiger charge is -2.18. The molecule has 1 aromatic carbocycles. The molecule has 2 N–H and O–H groups in total. The quantitative estimate of drug-likeness (QED) is 0.879. The summed E-state index contributed by atoms with van der Waals surface area (Å²) in [5.74, 6) is -0.736. The second kappa shape index (κ2) is 6.17. The predicted molar refractivity (Wildman–Crippen MR) is 72.0 cm³/mol. The second-order valence-corrected chi connectivity index (χ2v) is 5.39. The number of benzene rings is 1. The van der Waals surface area contributed by atoms with Crippen LogP contribution in [0.2, 0.25) is 0 Å². The summed E-state index contributed by atoms with van der Waals surface area (Å²) in [5, 5.41) is 12.1. The van der Waals surface area contributed by atoms with Crippen molar-refractivity contribution in [3.8, 4) is 0 Å². The Kier molecular flexibility index (Phi) is 5.15. The van der Waals surface area contributed by atoms with Gasteiger partial charge in [0.1, 0.15) is 6.04 Å². The number of hydrogen-bond acceptors (Lipinski definition) is 2. The van der Waals surface area contributed by atoms with Crippen LogP contribution in [0.25, 0.3) is 0 Å². The number of aliphatic carboxylic acids is 1. The predicted octanol–water partition coefficient (Wildman–Crippen LogP) is 2.96. The van der Waals surface area contributed by atoms with E-state index in [9.17, 15) is 4.79 Å². The van der Waals surface area contributed by atoms with E-state index in [2.05, 4.69) is 21.2 Å². The van der Waals surface area contributed by atoms with Gasteiger partial charge in [-0.05, 0) is 30.0 Å². The molecule has 1 rings (SSSR count). The first kappa shape index (κ1) is 14.2. The normalized spacial score (nSPS) is 12.8. The van der Waals surface area contributed by atoms with Gasteiger partial charge in [0.25, 0.3) is 0 Å². The fourth-order valence-corrected chi connectivity index (χ4v) is 2.26. The van der Waals surface area contributed by atoms with Gasteiger partial charge in [-0.15, -0.1) is 0 Å². The number of hydrogen-bond donors (Lipinski definition) is 2. The lowest BCUT2D eigenvalue weighted by atomic mass is 10.0. The number of carboxylic acid groups (broad SMARTS) is 1. The maximum absolute atomic E-state index is 11.0. The Bertz CT molecular complexity index is 404. The van der Waals surface area contributed by atoms with Crippen LogP contribution in [0.5, 0.6) is 0 Å². The molecule has 0 saturated carbocycles. The highest BCUT2D eigenvalue weighted by Crippen LogP contribution is 2.18. The molecule has 0 fully saturated rings. The Morgan fingerprint density at radius 1 is 1.47 bits per heavy atom. The van der Waals surface area contributed by atoms with Gasteiger partial charge in [0.05, 0.1) is 0 Å². The molecule has 0 spiro atoms. The largest absolute Gasteiger partial charge is 0.480 e. The summed E-state index contributed by atoms with van der Waals surface area (Å²) in [5.41, 5.74) is 2.25. The summed E-state index contributed by atoms with van der Waals surface area (Å²) >= 11 is 3.48. The minimum Gasteiger partial charge on any atom is -0.480 e. The van der Waals surface area contributed by atoms with Crippen LogP contribution in [0.15, 0.2) is 22.7 Å². The SMILES string of the molecule is Cc1ccc(CNC(C(=O)O)C(C)C)c(Br)c1. The fourth-order valence-electron chi connectivity index (χ4n) is 1.62. The minimum atomic E-state index is -0.803. The Morgan fingerprint density at radius 3 is 2.59 bits per heavy atom. The molecule has 0 aromatic heterocycles. The highest BCUT2D eigenvalue weighted by atomic mass is 79.9. The van der Waals surface area contributed by atoms with Crippen LogP contribution in [0, 0.1) is 12.8 Å². The molecule has 0 radical (unpaired) electrons. The topological polar surface area (TPSA) is 49.3 Å². The van der Waals surface area contributed by atoms with Gasteiger partial charge in [0.15, 0.2) is 0 Å². The van der Waals surface area contributed by atoms with Crippen molar-refractivity contribution >= 4 is 21.9 Å². The maximum atomic E-state index is 11.0. The number of nitrogens with one attached hydrogen (secondary N) is 1. The minimum absolute atomic E-state index is 0.0664. The first-order valence-corrected chi connectivity index (χ1v) is 6.42. The van der Waals surface area contributed by atoms with E-state index in [1.54, 1.807) is 0 Å². The Labute approximate surface area is 110 Å². The molecule has 1 atom stereocenters. The van der Waals surface area contributed by atoms with E-state index in [4.69, 9.17) is 5.11 Å². The van der Waals surface area contributed by atoms with Crippen LogP contribution in [-0.4, -0.2) is 17.1 Å². The number of carboxylic acids is 1. The molecule has 0 aliphatic heterocycles. The Hall–Kier alpha value is -0.870. The van der Waals surface area contributed by atoms with Gasteiger partial charge in [0, 0.05) is 11.0 Å². The molecular weight excluding hydrogens is 282 g/mol. The van der Waals surface area contributed by atoms with Crippen LogP contribution in [0.4, 0.5) is 0 Å². The zero-order valence-corrected chi connectivity index (χ0v) is 11.9. The van der Waals surface area contributed by atoms with Crippen molar-refractivity contribution in [2.75, 3.05) is 0 Å². The Morgan fingerprint density at radius 2 is 2.12 bits per heavy atom. The van der Waals surface area contributed by atoms with E-state index in [0.717, 1.165) is 10.0 Å². The van der Waals surface area contributed by atoms with Gasteiger partial charge in [-0.2, -0.15) is 0 Å². The van der Waals surface area contributed by atoms with Crippen molar-refractivity contribution in [2.45, 2.75) is 33.4 Å². The van der Waals surface area contributed by atoms with E-state index < -0.39 is 12.0 Å². The molecule has 3 nitrogen and oxygen atoms in total. The summed E-state index contributed by atoms with van der Waals surface area (Å²) in [6.07, 6.45) is 0. The van der Waals surface area contributed by atoms with E-state index >= 15 is 0 Å². The van der Waals surface area contributed by atoms with Gasteiger partial charge in [0.2, 0.25) is 0 Å². The Balaban J connectivity index is 2.69. The summed E-state index contributed by atoms with van der Waals surface area (Å²) < 4.78 is 1.01. The summed E-state index contributed by atoms with van der Waals surface area (Å²) in [7, 11) is 0. The van der Waals surface area contributed by atoms with Crippen LogP contribution in [0.1, 0.15) is 25.0 Å². The molecule has 4 heteroatoms. The fraction of sp³-hybridized carbons (Fsp3) is 0.462. The zero-order valence-electron chi connectivity index (χ0n) is 10.3. The summed E-state index contributed by atoms with van der Waals surface area (Å²) in [4.78, 5) is 11.0. The van der Waals surface area contributed by atoms with Crippen molar-refractivity contribution in [3.63, 3.8) is 0 Å². The molecule has 1 unspecified atom stereocenters. The van der Waals surface area contributed by atoms with Gasteiger partial charge >= 0.3 is 5.97 Å². The monoisotopic (exact) mass is 299 g/mol. The standard InChI is InChI=1S/C13H18BrNO2/c1-8(2)12(13(16)17)15-7-10-5-4-9(3)6-11(10)14/h4-6,8,12,15H,7H2,1-3H3,(H,16,17).